The molecule has 0 aromatic heterocycles. The molecule has 0 saturated heterocycles. The summed E-state index contributed by atoms with van der Waals surface area (Å²) in [6, 6.07) is 0. The molecule has 0 N–H and O–H groups in total. The third kappa shape index (κ3) is 39.5. The first-order chi connectivity index (χ1) is 22.5. The Morgan fingerprint density at radius 3 is 1.17 bits per heavy atom. The van der Waals surface area contributed by atoms with E-state index >= 15 is 0 Å². The van der Waals surface area contributed by atoms with Crippen molar-refractivity contribution in [3.8, 4) is 0 Å². The summed E-state index contributed by atoms with van der Waals surface area (Å²) in [5, 5.41) is 0. The molecule has 0 aliphatic rings. The van der Waals surface area contributed by atoms with Crippen LogP contribution in [0.1, 0.15) is 200 Å². The first kappa shape index (κ1) is 45.4. The monoisotopic (exact) mass is 649 g/mol. The molecule has 3 nitrogen and oxygen atoms in total. The van der Waals surface area contributed by atoms with Crippen LogP contribution < -0.4 is 0 Å². The van der Waals surface area contributed by atoms with Gasteiger partial charge in [0.25, 0.3) is 0 Å². The van der Waals surface area contributed by atoms with E-state index in [9.17, 15) is 0 Å². The number of unbranched alkanes of at least 4 members (excludes halogenated alkanes) is 24. The highest BCUT2D eigenvalue weighted by Gasteiger charge is 2.15. The SMILES string of the molecule is CCCCCCCCC=CCCCCCCCCOCC(CC[N+](C)(C)C)OCCCCCCCCC=CCCCCCCCC. The van der Waals surface area contributed by atoms with Crippen LogP contribution >= 0.6 is 0 Å². The first-order valence-corrected chi connectivity index (χ1v) is 20.8. The molecular formula is C43H86NO2+. The second-order valence-corrected chi connectivity index (χ2v) is 15.2. The number of hydrogen-bond donors (Lipinski definition) is 0. The van der Waals surface area contributed by atoms with Crippen LogP contribution in [0.2, 0.25) is 0 Å². The molecule has 0 fully saturated rings. The highest BCUT2D eigenvalue weighted by atomic mass is 16.5. The van der Waals surface area contributed by atoms with Gasteiger partial charge in [-0.25, -0.2) is 0 Å². The zero-order valence-electron chi connectivity index (χ0n) is 32.5. The van der Waals surface area contributed by atoms with Crippen molar-refractivity contribution in [1.29, 1.82) is 0 Å². The van der Waals surface area contributed by atoms with Gasteiger partial charge in [0.15, 0.2) is 0 Å². The van der Waals surface area contributed by atoms with Crippen molar-refractivity contribution in [3.63, 3.8) is 0 Å². The van der Waals surface area contributed by atoms with Gasteiger partial charge >= 0.3 is 0 Å². The average molecular weight is 649 g/mol. The van der Waals surface area contributed by atoms with Crippen molar-refractivity contribution in [3.05, 3.63) is 24.3 Å². The highest BCUT2D eigenvalue weighted by molar-refractivity contribution is 4.82. The van der Waals surface area contributed by atoms with E-state index in [1.165, 1.54) is 180 Å². The van der Waals surface area contributed by atoms with Crippen molar-refractivity contribution < 1.29 is 14.0 Å². The Morgan fingerprint density at radius 1 is 0.435 bits per heavy atom. The molecule has 3 heteroatoms. The minimum atomic E-state index is 0.245. The lowest BCUT2D eigenvalue weighted by Gasteiger charge is -2.27. The summed E-state index contributed by atoms with van der Waals surface area (Å²) in [4.78, 5) is 0. The van der Waals surface area contributed by atoms with Gasteiger partial charge in [-0.1, -0.05) is 154 Å². The fraction of sp³-hybridized carbons (Fsp3) is 0.907. The number of quaternary nitrogens is 1. The van der Waals surface area contributed by atoms with Gasteiger partial charge in [-0.2, -0.15) is 0 Å². The van der Waals surface area contributed by atoms with E-state index < -0.39 is 0 Å². The Balaban J connectivity index is 3.69. The molecule has 0 amide bonds. The van der Waals surface area contributed by atoms with Crippen molar-refractivity contribution in [2.45, 2.75) is 206 Å². The van der Waals surface area contributed by atoms with Crippen LogP contribution in [0.25, 0.3) is 0 Å². The maximum atomic E-state index is 6.34. The smallest absolute Gasteiger partial charge is 0.0861 e. The number of allylic oxidation sites excluding steroid dienone is 4. The molecule has 0 radical (unpaired) electrons. The minimum Gasteiger partial charge on any atom is -0.379 e. The van der Waals surface area contributed by atoms with Gasteiger partial charge < -0.3 is 14.0 Å². The molecule has 0 aromatic rings. The molecule has 1 unspecified atom stereocenters. The van der Waals surface area contributed by atoms with Crippen LogP contribution in [0.5, 0.6) is 0 Å². The standard InChI is InChI=1S/C43H86NO2/c1-6-8-10-12-14-16-18-20-22-24-26-28-30-32-34-36-40-45-42-43(38-39-44(3,4)5)46-41-37-35-33-31-29-27-25-23-21-19-17-15-13-11-9-7-2/h20-23,43H,6-19,24-42H2,1-5H3/q+1. The fourth-order valence-corrected chi connectivity index (χ4v) is 6.01. The first-order valence-electron chi connectivity index (χ1n) is 20.8. The summed E-state index contributed by atoms with van der Waals surface area (Å²) in [5.74, 6) is 0. The van der Waals surface area contributed by atoms with E-state index in [1.807, 2.05) is 0 Å². The van der Waals surface area contributed by atoms with E-state index in [0.29, 0.717) is 0 Å². The summed E-state index contributed by atoms with van der Waals surface area (Å²) >= 11 is 0. The number of ether oxygens (including phenoxy) is 2. The average Bonchev–Trinajstić information content (AvgIpc) is 3.03. The van der Waals surface area contributed by atoms with Gasteiger partial charge in [0.1, 0.15) is 0 Å². The Kier molecular flexibility index (Phi) is 36.7. The van der Waals surface area contributed by atoms with Crippen molar-refractivity contribution in [2.75, 3.05) is 47.5 Å². The van der Waals surface area contributed by atoms with Gasteiger partial charge in [0.2, 0.25) is 0 Å². The fourth-order valence-electron chi connectivity index (χ4n) is 6.01. The van der Waals surface area contributed by atoms with Gasteiger partial charge in [-0.05, 0) is 64.2 Å². The van der Waals surface area contributed by atoms with Crippen LogP contribution in [0.4, 0.5) is 0 Å². The molecule has 0 rings (SSSR count). The Hall–Kier alpha value is -0.640. The summed E-state index contributed by atoms with van der Waals surface area (Å²) in [6.45, 7) is 8.26. The Labute approximate surface area is 291 Å². The molecule has 274 valence electrons. The molecule has 0 aromatic carbocycles. The molecule has 0 bridgehead atoms. The molecular weight excluding hydrogens is 562 g/mol. The molecule has 46 heavy (non-hydrogen) atoms. The summed E-state index contributed by atoms with van der Waals surface area (Å²) in [6.07, 6.45) is 48.8. The summed E-state index contributed by atoms with van der Waals surface area (Å²) in [7, 11) is 6.82. The lowest BCUT2D eigenvalue weighted by Crippen LogP contribution is -2.38. The zero-order valence-corrected chi connectivity index (χ0v) is 32.5. The van der Waals surface area contributed by atoms with E-state index in [2.05, 4.69) is 59.3 Å². The lowest BCUT2D eigenvalue weighted by molar-refractivity contribution is -0.870. The largest absolute Gasteiger partial charge is 0.379 e. The summed E-state index contributed by atoms with van der Waals surface area (Å²) in [5.41, 5.74) is 0. The maximum absolute atomic E-state index is 6.34. The number of rotatable bonds is 38. The van der Waals surface area contributed by atoms with Gasteiger partial charge in [0, 0.05) is 19.6 Å². The van der Waals surface area contributed by atoms with Crippen molar-refractivity contribution in [2.24, 2.45) is 0 Å². The van der Waals surface area contributed by atoms with Crippen LogP contribution in [-0.2, 0) is 9.47 Å². The molecule has 1 atom stereocenters. The lowest BCUT2D eigenvalue weighted by atomic mass is 10.1. The van der Waals surface area contributed by atoms with E-state index in [0.717, 1.165) is 37.3 Å². The van der Waals surface area contributed by atoms with Crippen LogP contribution in [0.3, 0.4) is 0 Å². The number of hydrogen-bond acceptors (Lipinski definition) is 2. The quantitative estimate of drug-likeness (QED) is 0.0377. The van der Waals surface area contributed by atoms with Crippen molar-refractivity contribution in [1.82, 2.24) is 0 Å². The third-order valence-electron chi connectivity index (χ3n) is 9.24. The second kappa shape index (κ2) is 37.2. The molecule has 0 aliphatic carbocycles. The minimum absolute atomic E-state index is 0.245. The summed E-state index contributed by atoms with van der Waals surface area (Å²) < 4.78 is 13.4. The van der Waals surface area contributed by atoms with Crippen LogP contribution in [0.15, 0.2) is 24.3 Å². The van der Waals surface area contributed by atoms with E-state index in [1.54, 1.807) is 0 Å². The van der Waals surface area contributed by atoms with Gasteiger partial charge in [-0.15, -0.1) is 0 Å². The molecule has 0 spiro atoms. The molecule has 0 saturated carbocycles. The molecule has 0 heterocycles. The zero-order chi connectivity index (χ0) is 33.7. The Bertz CT molecular complexity index is 623. The molecule has 0 aliphatic heterocycles. The Morgan fingerprint density at radius 2 is 0.783 bits per heavy atom. The van der Waals surface area contributed by atoms with E-state index in [-0.39, 0.29) is 6.10 Å². The second-order valence-electron chi connectivity index (χ2n) is 15.2. The normalized spacial score (nSPS) is 13.1. The van der Waals surface area contributed by atoms with Gasteiger partial charge in [0.05, 0.1) is 40.4 Å². The topological polar surface area (TPSA) is 18.5 Å². The van der Waals surface area contributed by atoms with Crippen molar-refractivity contribution >= 4 is 0 Å². The number of nitrogens with zero attached hydrogens (tertiary/aromatic N) is 1. The third-order valence-corrected chi connectivity index (χ3v) is 9.24. The predicted molar refractivity (Wildman–Crippen MR) is 207 cm³/mol. The van der Waals surface area contributed by atoms with Gasteiger partial charge in [-0.3, -0.25) is 0 Å². The predicted octanol–water partition coefficient (Wildman–Crippen LogP) is 13.6. The van der Waals surface area contributed by atoms with Crippen LogP contribution in [0, 0.1) is 0 Å². The highest BCUT2D eigenvalue weighted by Crippen LogP contribution is 2.13. The maximum Gasteiger partial charge on any atom is 0.0861 e. The van der Waals surface area contributed by atoms with Crippen LogP contribution in [-0.4, -0.2) is 58.1 Å². The van der Waals surface area contributed by atoms with E-state index in [4.69, 9.17) is 9.47 Å².